The van der Waals surface area contributed by atoms with E-state index in [1.165, 1.54) is 22.7 Å². The first kappa shape index (κ1) is 19.8. The minimum absolute atomic E-state index is 0.138. The molecule has 1 N–H and O–H groups in total. The van der Waals surface area contributed by atoms with Gasteiger partial charge in [0.1, 0.15) is 18.3 Å². The first-order chi connectivity index (χ1) is 15.5. The van der Waals surface area contributed by atoms with Crippen molar-refractivity contribution < 1.29 is 14.3 Å². The topological polar surface area (TPSA) is 100 Å². The Morgan fingerprint density at radius 1 is 1.09 bits per heavy atom. The van der Waals surface area contributed by atoms with Gasteiger partial charge in [0.05, 0.1) is 11.9 Å². The highest BCUT2D eigenvalue weighted by Gasteiger charge is 2.15. The maximum atomic E-state index is 12.9. The van der Waals surface area contributed by atoms with Crippen LogP contribution in [0.4, 0.5) is 0 Å². The number of nitrogens with zero attached hydrogens (tertiary/aromatic N) is 4. The van der Waals surface area contributed by atoms with Crippen LogP contribution in [-0.2, 0) is 17.9 Å². The summed E-state index contributed by atoms with van der Waals surface area (Å²) in [7, 11) is 0. The molecule has 0 unspecified atom stereocenters. The molecule has 9 heteroatoms. The van der Waals surface area contributed by atoms with Crippen LogP contribution in [0, 0.1) is 13.8 Å². The highest BCUT2D eigenvalue weighted by Crippen LogP contribution is 2.32. The number of nitrogens with one attached hydrogen (secondary N) is 1. The molecule has 5 rings (SSSR count). The summed E-state index contributed by atoms with van der Waals surface area (Å²) in [6.07, 6.45) is 2.87. The fourth-order valence-corrected chi connectivity index (χ4v) is 3.57. The smallest absolute Gasteiger partial charge is 0.264 e. The zero-order valence-electron chi connectivity index (χ0n) is 17.7. The molecule has 1 aliphatic rings. The second kappa shape index (κ2) is 7.84. The summed E-state index contributed by atoms with van der Waals surface area (Å²) in [5.74, 6) is 1.04. The Bertz CT molecular complexity index is 1410. The van der Waals surface area contributed by atoms with E-state index in [-0.39, 0.29) is 24.8 Å². The van der Waals surface area contributed by atoms with Crippen molar-refractivity contribution in [1.29, 1.82) is 0 Å². The Kier molecular flexibility index (Phi) is 4.85. The SMILES string of the molecule is Cc1ccc(-n2ncc3c(=O)n(CC(=O)NCc4ccc5c(c4)OCO5)cnc32)cc1C. The van der Waals surface area contributed by atoms with Crippen LogP contribution in [0.5, 0.6) is 11.5 Å². The van der Waals surface area contributed by atoms with E-state index in [0.717, 1.165) is 16.8 Å². The largest absolute Gasteiger partial charge is 0.454 e. The van der Waals surface area contributed by atoms with E-state index in [1.807, 2.05) is 44.2 Å². The molecule has 2 aromatic carbocycles. The van der Waals surface area contributed by atoms with Crippen LogP contribution < -0.4 is 20.3 Å². The van der Waals surface area contributed by atoms with Gasteiger partial charge in [-0.2, -0.15) is 5.10 Å². The standard InChI is InChI=1S/C23H21N5O4/c1-14-3-5-17(7-15(14)2)28-22-18(10-26-28)23(30)27(12-25-22)11-21(29)24-9-16-4-6-19-20(8-16)32-13-31-19/h3-8,10,12H,9,11,13H2,1-2H3,(H,24,29). The van der Waals surface area contributed by atoms with Gasteiger partial charge in [0.15, 0.2) is 17.1 Å². The minimum Gasteiger partial charge on any atom is -0.454 e. The van der Waals surface area contributed by atoms with Gasteiger partial charge in [0.2, 0.25) is 12.7 Å². The molecule has 4 aromatic rings. The second-order valence-corrected chi connectivity index (χ2v) is 7.70. The third-order valence-corrected chi connectivity index (χ3v) is 5.53. The molecule has 9 nitrogen and oxygen atoms in total. The highest BCUT2D eigenvalue weighted by molar-refractivity contribution is 5.78. The highest BCUT2D eigenvalue weighted by atomic mass is 16.7. The fourth-order valence-electron chi connectivity index (χ4n) is 3.57. The molecule has 0 radical (unpaired) electrons. The molecule has 0 atom stereocenters. The van der Waals surface area contributed by atoms with E-state index in [2.05, 4.69) is 15.4 Å². The van der Waals surface area contributed by atoms with Gasteiger partial charge in [0.25, 0.3) is 5.56 Å². The van der Waals surface area contributed by atoms with E-state index < -0.39 is 0 Å². The summed E-state index contributed by atoms with van der Waals surface area (Å²) in [6, 6.07) is 11.4. The Morgan fingerprint density at radius 2 is 1.94 bits per heavy atom. The lowest BCUT2D eigenvalue weighted by molar-refractivity contribution is -0.121. The molecular formula is C23H21N5O4. The molecular weight excluding hydrogens is 410 g/mol. The molecule has 3 heterocycles. The van der Waals surface area contributed by atoms with Crippen molar-refractivity contribution in [3.63, 3.8) is 0 Å². The molecule has 1 amide bonds. The molecule has 0 fully saturated rings. The summed E-state index contributed by atoms with van der Waals surface area (Å²) >= 11 is 0. The van der Waals surface area contributed by atoms with Gasteiger partial charge >= 0.3 is 0 Å². The van der Waals surface area contributed by atoms with Gasteiger partial charge < -0.3 is 14.8 Å². The van der Waals surface area contributed by atoms with E-state index >= 15 is 0 Å². The van der Waals surface area contributed by atoms with Crippen molar-refractivity contribution in [2.75, 3.05) is 6.79 Å². The number of fused-ring (bicyclic) bond motifs is 2. The van der Waals surface area contributed by atoms with Crippen molar-refractivity contribution in [3.8, 4) is 17.2 Å². The molecule has 0 saturated carbocycles. The van der Waals surface area contributed by atoms with Crippen molar-refractivity contribution in [2.45, 2.75) is 26.9 Å². The minimum atomic E-state index is -0.316. The van der Waals surface area contributed by atoms with Crippen molar-refractivity contribution in [2.24, 2.45) is 0 Å². The third-order valence-electron chi connectivity index (χ3n) is 5.53. The molecule has 0 bridgehead atoms. The molecule has 2 aromatic heterocycles. The van der Waals surface area contributed by atoms with Crippen LogP contribution in [0.2, 0.25) is 0 Å². The zero-order chi connectivity index (χ0) is 22.2. The van der Waals surface area contributed by atoms with Crippen molar-refractivity contribution in [3.05, 3.63) is 76.0 Å². The van der Waals surface area contributed by atoms with Gasteiger partial charge in [-0.1, -0.05) is 12.1 Å². The van der Waals surface area contributed by atoms with Gasteiger partial charge in [-0.3, -0.25) is 14.2 Å². The number of aromatic nitrogens is 4. The van der Waals surface area contributed by atoms with Gasteiger partial charge in [-0.15, -0.1) is 0 Å². The predicted octanol–water partition coefficient (Wildman–Crippen LogP) is 2.24. The lowest BCUT2D eigenvalue weighted by atomic mass is 10.1. The predicted molar refractivity (Wildman–Crippen MR) is 117 cm³/mol. The maximum Gasteiger partial charge on any atom is 0.264 e. The molecule has 0 aliphatic carbocycles. The molecule has 1 aliphatic heterocycles. The van der Waals surface area contributed by atoms with Gasteiger partial charge in [-0.25, -0.2) is 9.67 Å². The first-order valence-electron chi connectivity index (χ1n) is 10.2. The van der Waals surface area contributed by atoms with Crippen molar-refractivity contribution >= 4 is 16.9 Å². The quantitative estimate of drug-likeness (QED) is 0.520. The van der Waals surface area contributed by atoms with E-state index in [9.17, 15) is 9.59 Å². The summed E-state index contributed by atoms with van der Waals surface area (Å²) < 4.78 is 13.5. The van der Waals surface area contributed by atoms with Crippen LogP contribution >= 0.6 is 0 Å². The van der Waals surface area contributed by atoms with E-state index in [0.29, 0.717) is 29.1 Å². The number of amides is 1. The van der Waals surface area contributed by atoms with E-state index in [4.69, 9.17) is 9.47 Å². The average molecular weight is 431 g/mol. The normalized spacial score (nSPS) is 12.3. The summed E-state index contributed by atoms with van der Waals surface area (Å²) in [6.45, 7) is 4.43. The number of rotatable bonds is 5. The number of benzene rings is 2. The first-order valence-corrected chi connectivity index (χ1v) is 10.2. The van der Waals surface area contributed by atoms with Crippen LogP contribution in [0.25, 0.3) is 16.7 Å². The van der Waals surface area contributed by atoms with Crippen LogP contribution in [0.15, 0.2) is 53.7 Å². The van der Waals surface area contributed by atoms with Crippen LogP contribution in [0.1, 0.15) is 16.7 Å². The maximum absolute atomic E-state index is 12.9. The lowest BCUT2D eigenvalue weighted by Gasteiger charge is -2.09. The number of hydrogen-bond donors (Lipinski definition) is 1. The Morgan fingerprint density at radius 3 is 2.78 bits per heavy atom. The van der Waals surface area contributed by atoms with Crippen LogP contribution in [-0.4, -0.2) is 32.0 Å². The molecule has 0 saturated heterocycles. The lowest BCUT2D eigenvalue weighted by Crippen LogP contribution is -2.32. The summed E-state index contributed by atoms with van der Waals surface area (Å²) in [4.78, 5) is 29.7. The number of aryl methyl sites for hydroxylation is 2. The zero-order valence-corrected chi connectivity index (χ0v) is 17.7. The second-order valence-electron chi connectivity index (χ2n) is 7.70. The van der Waals surface area contributed by atoms with E-state index in [1.54, 1.807) is 10.7 Å². The number of carbonyl (C=O) groups excluding carboxylic acids is 1. The Balaban J connectivity index is 1.32. The fraction of sp³-hybridized carbons (Fsp3) is 0.217. The Hall–Kier alpha value is -4.14. The summed E-state index contributed by atoms with van der Waals surface area (Å²) in [5, 5.41) is 7.51. The third kappa shape index (κ3) is 3.58. The van der Waals surface area contributed by atoms with Gasteiger partial charge in [-0.05, 0) is 54.8 Å². The number of carbonyl (C=O) groups is 1. The average Bonchev–Trinajstić information content (AvgIpc) is 3.43. The monoisotopic (exact) mass is 431 g/mol. The number of hydrogen-bond acceptors (Lipinski definition) is 6. The van der Waals surface area contributed by atoms with Crippen LogP contribution in [0.3, 0.4) is 0 Å². The molecule has 32 heavy (non-hydrogen) atoms. The Labute approximate surface area is 183 Å². The molecule has 0 spiro atoms. The number of ether oxygens (including phenoxy) is 2. The molecule has 162 valence electrons. The summed E-state index contributed by atoms with van der Waals surface area (Å²) in [5.41, 5.74) is 4.14. The van der Waals surface area contributed by atoms with Crippen molar-refractivity contribution in [1.82, 2.24) is 24.6 Å². The van der Waals surface area contributed by atoms with Gasteiger partial charge in [0, 0.05) is 6.54 Å².